The molecule has 0 aliphatic carbocycles. The van der Waals surface area contributed by atoms with Crippen molar-refractivity contribution in [2.24, 2.45) is 0 Å². The van der Waals surface area contributed by atoms with Gasteiger partial charge in [-0.1, -0.05) is 0 Å². The van der Waals surface area contributed by atoms with E-state index in [1.54, 1.807) is 13.8 Å². The Morgan fingerprint density at radius 1 is 1.47 bits per heavy atom. The molecule has 6 nitrogen and oxygen atoms in total. The van der Waals surface area contributed by atoms with Crippen LogP contribution in [0.2, 0.25) is 0 Å². The highest BCUT2D eigenvalue weighted by molar-refractivity contribution is 5.31. The van der Waals surface area contributed by atoms with Gasteiger partial charge in [-0.3, -0.25) is 15.1 Å². The van der Waals surface area contributed by atoms with Gasteiger partial charge in [-0.2, -0.15) is 0 Å². The molecule has 1 fully saturated rings. The Morgan fingerprint density at radius 3 is 2.71 bits per heavy atom. The van der Waals surface area contributed by atoms with Crippen molar-refractivity contribution in [2.75, 3.05) is 0 Å². The number of pyridine rings is 1. The lowest BCUT2D eigenvalue weighted by atomic mass is 10.1. The van der Waals surface area contributed by atoms with Gasteiger partial charge in [0.15, 0.2) is 5.79 Å². The Balaban J connectivity index is 2.29. The van der Waals surface area contributed by atoms with Crippen LogP contribution in [0.25, 0.3) is 0 Å². The zero-order chi connectivity index (χ0) is 12.6. The molecule has 0 unspecified atom stereocenters. The number of ether oxygens (including phenoxy) is 2. The summed E-state index contributed by atoms with van der Waals surface area (Å²) in [6.45, 7) is 5.47. The lowest BCUT2D eigenvalue weighted by Gasteiger charge is -2.16. The van der Waals surface area contributed by atoms with E-state index in [-0.39, 0.29) is 17.9 Å². The van der Waals surface area contributed by atoms with E-state index in [0.717, 1.165) is 0 Å². The van der Waals surface area contributed by atoms with Gasteiger partial charge in [-0.25, -0.2) is 0 Å². The third kappa shape index (κ3) is 2.42. The van der Waals surface area contributed by atoms with Crippen LogP contribution >= 0.6 is 0 Å². The van der Waals surface area contributed by atoms with Crippen molar-refractivity contribution >= 4 is 5.69 Å². The minimum absolute atomic E-state index is 0.00973. The van der Waals surface area contributed by atoms with Gasteiger partial charge < -0.3 is 9.47 Å². The first-order chi connectivity index (χ1) is 7.89. The van der Waals surface area contributed by atoms with Crippen LogP contribution in [0.4, 0.5) is 5.69 Å². The highest BCUT2D eigenvalue weighted by atomic mass is 16.7. The number of nitro groups is 1. The van der Waals surface area contributed by atoms with Gasteiger partial charge in [0.2, 0.25) is 0 Å². The van der Waals surface area contributed by atoms with Crippen LogP contribution in [0.1, 0.15) is 32.6 Å². The van der Waals surface area contributed by atoms with Crippen molar-refractivity contribution in [1.29, 1.82) is 0 Å². The summed E-state index contributed by atoms with van der Waals surface area (Å²) in [4.78, 5) is 14.3. The van der Waals surface area contributed by atoms with Crippen molar-refractivity contribution in [1.82, 2.24) is 4.98 Å². The van der Waals surface area contributed by atoms with Crippen LogP contribution in [0.3, 0.4) is 0 Å². The zero-order valence-corrected chi connectivity index (χ0v) is 9.91. The third-order valence-electron chi connectivity index (χ3n) is 2.57. The summed E-state index contributed by atoms with van der Waals surface area (Å²) in [5.41, 5.74) is 0.535. The molecule has 1 aromatic rings. The molecule has 0 N–H and O–H groups in total. The van der Waals surface area contributed by atoms with Crippen LogP contribution in [0, 0.1) is 10.1 Å². The van der Waals surface area contributed by atoms with Crippen molar-refractivity contribution in [3.8, 4) is 0 Å². The maximum absolute atomic E-state index is 10.7. The largest absolute Gasteiger partial charge is 0.344 e. The van der Waals surface area contributed by atoms with E-state index in [1.165, 1.54) is 18.3 Å². The monoisotopic (exact) mass is 238 g/mol. The molecule has 1 aliphatic heterocycles. The van der Waals surface area contributed by atoms with E-state index < -0.39 is 10.7 Å². The summed E-state index contributed by atoms with van der Waals surface area (Å²) in [7, 11) is 0. The fraction of sp³-hybridized carbons (Fsp3) is 0.545. The minimum atomic E-state index is -0.684. The zero-order valence-electron chi connectivity index (χ0n) is 9.91. The van der Waals surface area contributed by atoms with Gasteiger partial charge in [0.25, 0.3) is 5.69 Å². The second kappa shape index (κ2) is 4.05. The Labute approximate surface area is 98.7 Å². The average molecular weight is 238 g/mol. The summed E-state index contributed by atoms with van der Waals surface area (Å²) < 4.78 is 11.3. The lowest BCUT2D eigenvalue weighted by Crippen LogP contribution is -2.20. The molecule has 0 bridgehead atoms. The molecule has 1 saturated heterocycles. The number of hydrogen-bond acceptors (Lipinski definition) is 5. The van der Waals surface area contributed by atoms with Crippen LogP contribution < -0.4 is 0 Å². The normalized spacial score (nSPS) is 27.0. The van der Waals surface area contributed by atoms with Crippen LogP contribution in [0.5, 0.6) is 0 Å². The molecule has 0 spiro atoms. The van der Waals surface area contributed by atoms with E-state index in [1.807, 2.05) is 6.92 Å². The number of rotatable bonds is 2. The van der Waals surface area contributed by atoms with Gasteiger partial charge in [0.05, 0.1) is 16.7 Å². The SMILES string of the molecule is C[C@@H]1OC(C)(C)O[C@@H]1c1cc([N+](=O)[O-])ccn1. The molecule has 2 heterocycles. The summed E-state index contributed by atoms with van der Waals surface area (Å²) >= 11 is 0. The predicted octanol–water partition coefficient (Wildman–Crippen LogP) is 2.20. The Hall–Kier alpha value is -1.53. The molecule has 2 rings (SSSR count). The van der Waals surface area contributed by atoms with Crippen molar-refractivity contribution in [3.05, 3.63) is 34.1 Å². The van der Waals surface area contributed by atoms with Crippen LogP contribution in [-0.4, -0.2) is 21.8 Å². The van der Waals surface area contributed by atoms with Crippen LogP contribution in [-0.2, 0) is 9.47 Å². The first-order valence-corrected chi connectivity index (χ1v) is 5.35. The van der Waals surface area contributed by atoms with Crippen LogP contribution in [0.15, 0.2) is 18.3 Å². The molecular weight excluding hydrogens is 224 g/mol. The predicted molar refractivity (Wildman–Crippen MR) is 59.3 cm³/mol. The quantitative estimate of drug-likeness (QED) is 0.583. The topological polar surface area (TPSA) is 74.5 Å². The highest BCUT2D eigenvalue weighted by Gasteiger charge is 2.40. The van der Waals surface area contributed by atoms with E-state index in [9.17, 15) is 10.1 Å². The molecule has 0 amide bonds. The Kier molecular flexibility index (Phi) is 2.84. The number of nitrogens with zero attached hydrogens (tertiary/aromatic N) is 2. The fourth-order valence-corrected chi connectivity index (χ4v) is 1.95. The summed E-state index contributed by atoms with van der Waals surface area (Å²) in [5.74, 6) is -0.684. The van der Waals surface area contributed by atoms with Gasteiger partial charge >= 0.3 is 0 Å². The standard InChI is InChI=1S/C11H14N2O4/c1-7-10(17-11(2,3)16-7)9-6-8(13(14)15)4-5-12-9/h4-7,10H,1-3H3/t7-,10-/m0/s1. The second-order valence-electron chi connectivity index (χ2n) is 4.46. The number of hydrogen-bond donors (Lipinski definition) is 0. The third-order valence-corrected chi connectivity index (χ3v) is 2.57. The van der Waals surface area contributed by atoms with Gasteiger partial charge in [-0.15, -0.1) is 0 Å². The number of aromatic nitrogens is 1. The summed E-state index contributed by atoms with van der Waals surface area (Å²) in [6, 6.07) is 2.78. The van der Waals surface area contributed by atoms with E-state index in [4.69, 9.17) is 9.47 Å². The molecule has 6 heteroatoms. The minimum Gasteiger partial charge on any atom is -0.344 e. The first kappa shape index (κ1) is 11.9. The smallest absolute Gasteiger partial charge is 0.272 e. The maximum atomic E-state index is 10.7. The van der Waals surface area contributed by atoms with E-state index in [0.29, 0.717) is 5.69 Å². The molecule has 1 aliphatic rings. The Bertz CT molecular complexity index is 447. The molecule has 2 atom stereocenters. The molecule has 0 saturated carbocycles. The highest BCUT2D eigenvalue weighted by Crippen LogP contribution is 2.37. The summed E-state index contributed by atoms with van der Waals surface area (Å²) in [6.07, 6.45) is 0.860. The maximum Gasteiger partial charge on any atom is 0.272 e. The molecule has 0 radical (unpaired) electrons. The lowest BCUT2D eigenvalue weighted by molar-refractivity contribution is -0.385. The van der Waals surface area contributed by atoms with Gasteiger partial charge in [-0.05, 0) is 20.8 Å². The van der Waals surface area contributed by atoms with Crippen molar-refractivity contribution in [3.63, 3.8) is 0 Å². The average Bonchev–Trinajstić information content (AvgIpc) is 2.52. The second-order valence-corrected chi connectivity index (χ2v) is 4.46. The fourth-order valence-electron chi connectivity index (χ4n) is 1.95. The molecule has 0 aromatic carbocycles. The van der Waals surface area contributed by atoms with E-state index >= 15 is 0 Å². The Morgan fingerprint density at radius 2 is 2.18 bits per heavy atom. The molecule has 17 heavy (non-hydrogen) atoms. The molecular formula is C11H14N2O4. The van der Waals surface area contributed by atoms with Gasteiger partial charge in [0, 0.05) is 18.3 Å². The first-order valence-electron chi connectivity index (χ1n) is 5.35. The summed E-state index contributed by atoms with van der Waals surface area (Å²) in [5, 5.41) is 10.7. The van der Waals surface area contributed by atoms with Gasteiger partial charge in [0.1, 0.15) is 6.10 Å². The van der Waals surface area contributed by atoms with E-state index in [2.05, 4.69) is 4.98 Å². The molecule has 1 aromatic heterocycles. The van der Waals surface area contributed by atoms with Crippen molar-refractivity contribution < 1.29 is 14.4 Å². The molecule has 92 valence electrons. The van der Waals surface area contributed by atoms with Crippen molar-refractivity contribution in [2.45, 2.75) is 38.8 Å².